The van der Waals surface area contributed by atoms with E-state index in [2.05, 4.69) is 5.32 Å². The van der Waals surface area contributed by atoms with Crippen molar-refractivity contribution in [3.63, 3.8) is 0 Å². The van der Waals surface area contributed by atoms with E-state index < -0.39 is 23.9 Å². The highest BCUT2D eigenvalue weighted by atomic mass is 16.4. The van der Waals surface area contributed by atoms with Crippen LogP contribution in [0.4, 0.5) is 0 Å². The Balaban J connectivity index is 1.97. The SMILES string of the molecule is O=C(O)CCCC(=O)N[C@@H](Cc1ccc(C(=O)c2ccccc2)cc1)C(=O)O. The summed E-state index contributed by atoms with van der Waals surface area (Å²) >= 11 is 0. The molecule has 2 aromatic rings. The molecule has 0 fully saturated rings. The summed E-state index contributed by atoms with van der Waals surface area (Å²) in [7, 11) is 0. The molecule has 7 heteroatoms. The molecule has 1 atom stereocenters. The highest BCUT2D eigenvalue weighted by Gasteiger charge is 2.20. The van der Waals surface area contributed by atoms with Crippen molar-refractivity contribution in [2.45, 2.75) is 31.7 Å². The van der Waals surface area contributed by atoms with Gasteiger partial charge in [-0.25, -0.2) is 4.79 Å². The predicted molar refractivity (Wildman–Crippen MR) is 101 cm³/mol. The van der Waals surface area contributed by atoms with Gasteiger partial charge in [-0.3, -0.25) is 14.4 Å². The number of rotatable bonds is 10. The van der Waals surface area contributed by atoms with Gasteiger partial charge in [-0.1, -0.05) is 54.6 Å². The van der Waals surface area contributed by atoms with Crippen LogP contribution in [-0.2, 0) is 20.8 Å². The topological polar surface area (TPSA) is 121 Å². The van der Waals surface area contributed by atoms with Crippen LogP contribution in [0.2, 0.25) is 0 Å². The van der Waals surface area contributed by atoms with Gasteiger partial charge in [0.1, 0.15) is 6.04 Å². The molecule has 28 heavy (non-hydrogen) atoms. The van der Waals surface area contributed by atoms with Crippen molar-refractivity contribution in [3.05, 3.63) is 71.3 Å². The molecule has 0 radical (unpaired) electrons. The molecule has 0 unspecified atom stereocenters. The van der Waals surface area contributed by atoms with Crippen molar-refractivity contribution in [1.82, 2.24) is 5.32 Å². The monoisotopic (exact) mass is 383 g/mol. The van der Waals surface area contributed by atoms with Gasteiger partial charge in [0.2, 0.25) is 5.91 Å². The van der Waals surface area contributed by atoms with Gasteiger partial charge in [-0.2, -0.15) is 0 Å². The summed E-state index contributed by atoms with van der Waals surface area (Å²) in [6.07, 6.45) is -0.00767. The van der Waals surface area contributed by atoms with Crippen LogP contribution >= 0.6 is 0 Å². The molecule has 0 aliphatic rings. The maximum absolute atomic E-state index is 12.4. The Kier molecular flexibility index (Phi) is 7.45. The van der Waals surface area contributed by atoms with Crippen molar-refractivity contribution in [3.8, 4) is 0 Å². The number of aliphatic carboxylic acids is 2. The molecule has 0 saturated carbocycles. The zero-order valence-corrected chi connectivity index (χ0v) is 15.1. The fourth-order valence-electron chi connectivity index (χ4n) is 2.65. The number of hydrogen-bond acceptors (Lipinski definition) is 4. The Morgan fingerprint density at radius 3 is 2.00 bits per heavy atom. The van der Waals surface area contributed by atoms with Crippen molar-refractivity contribution in [1.29, 1.82) is 0 Å². The molecule has 0 aromatic heterocycles. The van der Waals surface area contributed by atoms with Crippen molar-refractivity contribution in [2.24, 2.45) is 0 Å². The molecule has 146 valence electrons. The first-order chi connectivity index (χ1) is 13.4. The number of carbonyl (C=O) groups excluding carboxylic acids is 2. The average Bonchev–Trinajstić information content (AvgIpc) is 2.68. The lowest BCUT2D eigenvalue weighted by Crippen LogP contribution is -2.42. The Morgan fingerprint density at radius 2 is 1.43 bits per heavy atom. The molecule has 1 amide bonds. The van der Waals surface area contributed by atoms with Gasteiger partial charge in [0, 0.05) is 30.4 Å². The number of carbonyl (C=O) groups is 4. The highest BCUT2D eigenvalue weighted by molar-refractivity contribution is 6.08. The van der Waals surface area contributed by atoms with Crippen LogP contribution < -0.4 is 5.32 Å². The lowest BCUT2D eigenvalue weighted by atomic mass is 9.99. The minimum atomic E-state index is -1.18. The van der Waals surface area contributed by atoms with Crippen LogP contribution in [0.3, 0.4) is 0 Å². The highest BCUT2D eigenvalue weighted by Crippen LogP contribution is 2.12. The zero-order chi connectivity index (χ0) is 20.5. The molecule has 2 aromatic carbocycles. The Bertz CT molecular complexity index is 845. The minimum absolute atomic E-state index is 0.0550. The van der Waals surface area contributed by atoms with E-state index in [1.807, 2.05) is 6.07 Å². The molecule has 7 nitrogen and oxygen atoms in total. The van der Waals surface area contributed by atoms with Gasteiger partial charge in [-0.05, 0) is 12.0 Å². The largest absolute Gasteiger partial charge is 0.481 e. The maximum atomic E-state index is 12.4. The molecule has 0 heterocycles. The first-order valence-corrected chi connectivity index (χ1v) is 8.79. The van der Waals surface area contributed by atoms with Gasteiger partial charge >= 0.3 is 11.9 Å². The molecular formula is C21H21NO6. The van der Waals surface area contributed by atoms with Crippen LogP contribution in [-0.4, -0.2) is 39.9 Å². The average molecular weight is 383 g/mol. The summed E-state index contributed by atoms with van der Waals surface area (Å²) in [5, 5.41) is 20.3. The second kappa shape index (κ2) is 10.0. The Labute approximate surface area is 162 Å². The van der Waals surface area contributed by atoms with E-state index in [1.54, 1.807) is 48.5 Å². The van der Waals surface area contributed by atoms with Crippen molar-refractivity contribution >= 4 is 23.6 Å². The molecule has 3 N–H and O–H groups in total. The van der Waals surface area contributed by atoms with Crippen molar-refractivity contribution in [2.75, 3.05) is 0 Å². The van der Waals surface area contributed by atoms with Gasteiger partial charge in [0.25, 0.3) is 0 Å². The molecular weight excluding hydrogens is 362 g/mol. The predicted octanol–water partition coefficient (Wildman–Crippen LogP) is 2.28. The van der Waals surface area contributed by atoms with E-state index in [9.17, 15) is 24.3 Å². The maximum Gasteiger partial charge on any atom is 0.326 e. The molecule has 0 spiro atoms. The molecule has 0 aliphatic heterocycles. The van der Waals surface area contributed by atoms with Gasteiger partial charge in [-0.15, -0.1) is 0 Å². The number of carboxylic acids is 2. The first kappa shape index (κ1) is 20.8. The molecule has 0 aliphatic carbocycles. The second-order valence-electron chi connectivity index (χ2n) is 6.30. The smallest absolute Gasteiger partial charge is 0.326 e. The number of ketones is 1. The Hall–Kier alpha value is -3.48. The fourth-order valence-corrected chi connectivity index (χ4v) is 2.65. The van der Waals surface area contributed by atoms with E-state index in [0.29, 0.717) is 16.7 Å². The number of amides is 1. The summed E-state index contributed by atoms with van der Waals surface area (Å²) in [4.78, 5) is 46.1. The Morgan fingerprint density at radius 1 is 0.821 bits per heavy atom. The summed E-state index contributed by atoms with van der Waals surface area (Å²) in [5.74, 6) is -2.83. The lowest BCUT2D eigenvalue weighted by Gasteiger charge is -2.15. The van der Waals surface area contributed by atoms with Crippen molar-refractivity contribution < 1.29 is 29.4 Å². The van der Waals surface area contributed by atoms with Crippen LogP contribution in [0.5, 0.6) is 0 Å². The second-order valence-corrected chi connectivity index (χ2v) is 6.30. The normalized spacial score (nSPS) is 11.4. The quantitative estimate of drug-likeness (QED) is 0.541. The van der Waals surface area contributed by atoms with E-state index in [4.69, 9.17) is 5.11 Å². The lowest BCUT2D eigenvalue weighted by molar-refractivity contribution is -0.142. The summed E-state index contributed by atoms with van der Waals surface area (Å²) in [6, 6.07) is 14.2. The summed E-state index contributed by atoms with van der Waals surface area (Å²) in [5.41, 5.74) is 1.70. The van der Waals surface area contributed by atoms with E-state index in [0.717, 1.165) is 0 Å². The number of benzene rings is 2. The van der Waals surface area contributed by atoms with Crippen LogP contribution in [0.1, 0.15) is 40.7 Å². The standard InChI is InChI=1S/C21H21NO6/c23-18(7-4-8-19(24)25)22-17(21(27)28)13-14-9-11-16(12-10-14)20(26)15-5-2-1-3-6-15/h1-3,5-6,9-12,17H,4,7-8,13H2,(H,22,23)(H,24,25)(H,27,28)/t17-/m0/s1. The zero-order valence-electron chi connectivity index (χ0n) is 15.1. The fraction of sp³-hybridized carbons (Fsp3) is 0.238. The molecule has 0 bridgehead atoms. The molecule has 0 saturated heterocycles. The third-order valence-electron chi connectivity index (χ3n) is 4.12. The van der Waals surface area contributed by atoms with Gasteiger partial charge < -0.3 is 15.5 Å². The van der Waals surface area contributed by atoms with Gasteiger partial charge in [0.15, 0.2) is 5.78 Å². The molecule has 2 rings (SSSR count). The van der Waals surface area contributed by atoms with Crippen LogP contribution in [0.25, 0.3) is 0 Å². The number of nitrogens with one attached hydrogen (secondary N) is 1. The third kappa shape index (κ3) is 6.35. The van der Waals surface area contributed by atoms with E-state index >= 15 is 0 Å². The summed E-state index contributed by atoms with van der Waals surface area (Å²) in [6.45, 7) is 0. The van der Waals surface area contributed by atoms with Gasteiger partial charge in [0.05, 0.1) is 0 Å². The third-order valence-corrected chi connectivity index (χ3v) is 4.12. The van der Waals surface area contributed by atoms with E-state index in [1.165, 1.54) is 0 Å². The number of carboxylic acid groups (broad SMARTS) is 2. The summed E-state index contributed by atoms with van der Waals surface area (Å²) < 4.78 is 0. The number of hydrogen-bond donors (Lipinski definition) is 3. The minimum Gasteiger partial charge on any atom is -0.481 e. The van der Waals surface area contributed by atoms with Crippen LogP contribution in [0, 0.1) is 0 Å². The first-order valence-electron chi connectivity index (χ1n) is 8.79. The van der Waals surface area contributed by atoms with Crippen LogP contribution in [0.15, 0.2) is 54.6 Å². The van der Waals surface area contributed by atoms with E-state index in [-0.39, 0.29) is 31.5 Å².